The van der Waals surface area contributed by atoms with E-state index in [9.17, 15) is 26.4 Å². The number of piperidine rings is 1. The van der Waals surface area contributed by atoms with Gasteiger partial charge in [-0.3, -0.25) is 4.79 Å². The third-order valence-corrected chi connectivity index (χ3v) is 7.68. The lowest BCUT2D eigenvalue weighted by Crippen LogP contribution is -2.43. The Morgan fingerprint density at radius 2 is 1.74 bits per heavy atom. The summed E-state index contributed by atoms with van der Waals surface area (Å²) >= 11 is 0. The average Bonchev–Trinajstić information content (AvgIpc) is 3.37. The summed E-state index contributed by atoms with van der Waals surface area (Å²) in [7, 11) is -4.33. The molecule has 4 rings (SSSR count). The van der Waals surface area contributed by atoms with Gasteiger partial charge in [-0.25, -0.2) is 18.1 Å². The summed E-state index contributed by atoms with van der Waals surface area (Å²) in [5.41, 5.74) is 0.513. The van der Waals surface area contributed by atoms with Crippen molar-refractivity contribution in [3.63, 3.8) is 0 Å². The number of nitrogens with zero attached hydrogens (tertiary/aromatic N) is 4. The van der Waals surface area contributed by atoms with E-state index in [0.717, 1.165) is 33.8 Å². The van der Waals surface area contributed by atoms with Crippen molar-refractivity contribution in [3.05, 3.63) is 72.3 Å². The third-order valence-electron chi connectivity index (χ3n) is 5.72. The van der Waals surface area contributed by atoms with Crippen LogP contribution < -0.4 is 5.32 Å². The van der Waals surface area contributed by atoms with Crippen molar-refractivity contribution in [2.24, 2.45) is 5.92 Å². The fourth-order valence-corrected chi connectivity index (χ4v) is 5.55. The number of hydrogen-bond donors (Lipinski definition) is 1. The lowest BCUT2D eigenvalue weighted by atomic mass is 9.97. The molecule has 12 heteroatoms. The van der Waals surface area contributed by atoms with Gasteiger partial charge < -0.3 is 5.32 Å². The summed E-state index contributed by atoms with van der Waals surface area (Å²) in [6.45, 7) is 0.242. The zero-order chi connectivity index (χ0) is 24.3. The first-order valence-corrected chi connectivity index (χ1v) is 12.0. The molecule has 34 heavy (non-hydrogen) atoms. The first-order chi connectivity index (χ1) is 16.2. The molecular weight excluding hydrogens is 471 g/mol. The summed E-state index contributed by atoms with van der Waals surface area (Å²) in [5.74, 6) is -0.633. The van der Waals surface area contributed by atoms with Gasteiger partial charge in [0.1, 0.15) is 12.7 Å². The fourth-order valence-electron chi connectivity index (χ4n) is 3.86. The summed E-state index contributed by atoms with van der Waals surface area (Å²) in [6.07, 6.45) is -1.32. The van der Waals surface area contributed by atoms with Gasteiger partial charge in [0, 0.05) is 25.6 Å². The molecule has 0 radical (unpaired) electrons. The highest BCUT2D eigenvalue weighted by Crippen LogP contribution is 2.36. The molecule has 0 aliphatic carbocycles. The highest BCUT2D eigenvalue weighted by atomic mass is 32.2. The zero-order valence-corrected chi connectivity index (χ0v) is 18.8. The predicted octanol–water partition coefficient (Wildman–Crippen LogP) is 3.00. The Hall–Kier alpha value is -3.25. The van der Waals surface area contributed by atoms with Gasteiger partial charge in [0.05, 0.1) is 16.1 Å². The van der Waals surface area contributed by atoms with Crippen molar-refractivity contribution in [1.29, 1.82) is 0 Å². The number of aromatic nitrogens is 3. The van der Waals surface area contributed by atoms with E-state index in [-0.39, 0.29) is 31.8 Å². The number of carbonyl (C=O) groups excluding carboxylic acids is 1. The predicted molar refractivity (Wildman–Crippen MR) is 116 cm³/mol. The van der Waals surface area contributed by atoms with Crippen LogP contribution >= 0.6 is 0 Å². The van der Waals surface area contributed by atoms with Crippen LogP contribution in [0.5, 0.6) is 0 Å². The SMILES string of the molecule is O=C(NCc1ccc(-n2cncn2)cc1)C1CCN(S(=O)(=O)c2ccccc2C(F)(F)F)CC1. The van der Waals surface area contributed by atoms with Crippen molar-refractivity contribution in [2.75, 3.05) is 13.1 Å². The van der Waals surface area contributed by atoms with E-state index in [2.05, 4.69) is 15.4 Å². The van der Waals surface area contributed by atoms with Crippen LogP contribution in [0.2, 0.25) is 0 Å². The van der Waals surface area contributed by atoms with Crippen LogP contribution in [-0.4, -0.2) is 46.5 Å². The first-order valence-electron chi connectivity index (χ1n) is 10.5. The average molecular weight is 494 g/mol. The van der Waals surface area contributed by atoms with Crippen molar-refractivity contribution >= 4 is 15.9 Å². The lowest BCUT2D eigenvalue weighted by molar-refractivity contribution is -0.139. The Kier molecular flexibility index (Phi) is 6.71. The minimum absolute atomic E-state index is 0.0286. The van der Waals surface area contributed by atoms with Crippen molar-refractivity contribution in [1.82, 2.24) is 24.4 Å². The molecule has 1 saturated heterocycles. The van der Waals surface area contributed by atoms with E-state index in [0.29, 0.717) is 6.54 Å². The second-order valence-corrected chi connectivity index (χ2v) is 9.80. The zero-order valence-electron chi connectivity index (χ0n) is 17.9. The number of rotatable bonds is 6. The first kappa shape index (κ1) is 23.9. The second kappa shape index (κ2) is 9.55. The van der Waals surface area contributed by atoms with Crippen LogP contribution in [0.25, 0.3) is 5.69 Å². The molecule has 8 nitrogen and oxygen atoms in total. The summed E-state index contributed by atoms with van der Waals surface area (Å²) in [4.78, 5) is 15.7. The molecule has 1 amide bonds. The van der Waals surface area contributed by atoms with Gasteiger partial charge >= 0.3 is 6.18 Å². The molecule has 1 fully saturated rings. The van der Waals surface area contributed by atoms with Crippen molar-refractivity contribution in [3.8, 4) is 5.69 Å². The lowest BCUT2D eigenvalue weighted by Gasteiger charge is -2.31. The van der Waals surface area contributed by atoms with Gasteiger partial charge in [0.25, 0.3) is 0 Å². The Morgan fingerprint density at radius 3 is 2.35 bits per heavy atom. The normalized spacial score (nSPS) is 15.9. The summed E-state index contributed by atoms with van der Waals surface area (Å²) in [5, 5.41) is 6.89. The highest BCUT2D eigenvalue weighted by molar-refractivity contribution is 7.89. The highest BCUT2D eigenvalue weighted by Gasteiger charge is 2.40. The number of nitrogens with one attached hydrogen (secondary N) is 1. The molecule has 1 N–H and O–H groups in total. The van der Waals surface area contributed by atoms with E-state index in [1.807, 2.05) is 24.3 Å². The van der Waals surface area contributed by atoms with Crippen molar-refractivity contribution < 1.29 is 26.4 Å². The van der Waals surface area contributed by atoms with Crippen LogP contribution in [0.15, 0.2) is 66.1 Å². The van der Waals surface area contributed by atoms with E-state index in [1.165, 1.54) is 12.4 Å². The van der Waals surface area contributed by atoms with E-state index in [4.69, 9.17) is 0 Å². The third kappa shape index (κ3) is 5.12. The molecule has 1 aromatic heterocycles. The van der Waals surface area contributed by atoms with Gasteiger partial charge in [-0.2, -0.15) is 22.6 Å². The molecule has 0 atom stereocenters. The van der Waals surface area contributed by atoms with Crippen LogP contribution in [0, 0.1) is 5.92 Å². The Labute approximate surface area is 194 Å². The number of carbonyl (C=O) groups is 1. The quantitative estimate of drug-likeness (QED) is 0.570. The van der Waals surface area contributed by atoms with Crippen molar-refractivity contribution in [2.45, 2.75) is 30.5 Å². The molecular formula is C22H22F3N5O3S. The van der Waals surface area contributed by atoms with Gasteiger partial charge in [-0.05, 0) is 42.7 Å². The largest absolute Gasteiger partial charge is 0.417 e. The molecule has 0 unspecified atom stereocenters. The number of halogens is 3. The monoisotopic (exact) mass is 493 g/mol. The van der Waals surface area contributed by atoms with Crippen LogP contribution in [0.4, 0.5) is 13.2 Å². The van der Waals surface area contributed by atoms with Gasteiger partial charge in [0.2, 0.25) is 15.9 Å². The van der Waals surface area contributed by atoms with Gasteiger partial charge in [-0.1, -0.05) is 24.3 Å². The van der Waals surface area contributed by atoms with E-state index < -0.39 is 32.6 Å². The number of amides is 1. The molecule has 1 aliphatic rings. The maximum absolute atomic E-state index is 13.3. The summed E-state index contributed by atoms with van der Waals surface area (Å²) in [6, 6.07) is 11.5. The second-order valence-electron chi connectivity index (χ2n) is 7.90. The van der Waals surface area contributed by atoms with E-state index in [1.54, 1.807) is 11.0 Å². The molecule has 0 saturated carbocycles. The molecule has 1 aliphatic heterocycles. The topological polar surface area (TPSA) is 97.2 Å². The standard InChI is InChI=1S/C22H22F3N5O3S/c23-22(24,25)19-3-1-2-4-20(19)34(32,33)29-11-9-17(10-12-29)21(31)27-13-16-5-7-18(8-6-16)30-15-26-14-28-30/h1-8,14-15,17H,9-13H2,(H,27,31). The molecule has 0 bridgehead atoms. The van der Waals surface area contributed by atoms with Gasteiger partial charge in [0.15, 0.2) is 0 Å². The number of benzene rings is 2. The fraction of sp³-hybridized carbons (Fsp3) is 0.318. The maximum atomic E-state index is 13.3. The smallest absolute Gasteiger partial charge is 0.352 e. The molecule has 2 heterocycles. The number of alkyl halides is 3. The summed E-state index contributed by atoms with van der Waals surface area (Å²) < 4.78 is 68.2. The molecule has 180 valence electrons. The van der Waals surface area contributed by atoms with Gasteiger partial charge in [-0.15, -0.1) is 0 Å². The van der Waals surface area contributed by atoms with Crippen LogP contribution in [0.1, 0.15) is 24.0 Å². The van der Waals surface area contributed by atoms with Crippen LogP contribution in [-0.2, 0) is 27.5 Å². The molecule has 3 aromatic rings. The molecule has 0 spiro atoms. The number of hydrogen-bond acceptors (Lipinski definition) is 5. The minimum atomic E-state index is -4.78. The minimum Gasteiger partial charge on any atom is -0.352 e. The Balaban J connectivity index is 1.33. The van der Waals surface area contributed by atoms with Crippen LogP contribution in [0.3, 0.4) is 0 Å². The number of sulfonamides is 1. The Morgan fingerprint density at radius 1 is 1.06 bits per heavy atom. The molecule has 2 aromatic carbocycles. The Bertz CT molecular complexity index is 1240. The van der Waals surface area contributed by atoms with E-state index >= 15 is 0 Å². The maximum Gasteiger partial charge on any atom is 0.417 e.